The van der Waals surface area contributed by atoms with Crippen LogP contribution in [0, 0.1) is 24.2 Å². The van der Waals surface area contributed by atoms with Crippen LogP contribution >= 0.6 is 0 Å². The number of halogens is 3. The Morgan fingerprint density at radius 2 is 2.10 bits per heavy atom. The number of anilines is 1. The number of nitrogens with one attached hydrogen (secondary N) is 1. The van der Waals surface area contributed by atoms with Gasteiger partial charge in [-0.15, -0.1) is 0 Å². The standard InChI is InChI=1S/C22H23F3N4O/c1-14-5-6-16(11-26)18(10-14)21(30)29-9-3-4-15(2)19(29)13-28-20-8-7-17(12-27-20)22(23,24)25/h5-8,10,12,15,19H,3-4,9,13H2,1-2H3,(H,27,28). The Balaban J connectivity index is 1.78. The molecule has 5 nitrogen and oxygen atoms in total. The summed E-state index contributed by atoms with van der Waals surface area (Å²) in [5.74, 6) is 0.315. The van der Waals surface area contributed by atoms with Gasteiger partial charge < -0.3 is 10.2 Å². The van der Waals surface area contributed by atoms with Crippen molar-refractivity contribution < 1.29 is 18.0 Å². The molecular weight excluding hydrogens is 393 g/mol. The molecule has 3 rings (SSSR count). The first kappa shape index (κ1) is 21.6. The lowest BCUT2D eigenvalue weighted by Gasteiger charge is -2.40. The highest BCUT2D eigenvalue weighted by Crippen LogP contribution is 2.29. The number of benzene rings is 1. The minimum absolute atomic E-state index is 0.164. The van der Waals surface area contributed by atoms with Crippen molar-refractivity contribution in [1.29, 1.82) is 5.26 Å². The minimum Gasteiger partial charge on any atom is -0.368 e. The van der Waals surface area contributed by atoms with Crippen LogP contribution in [0.3, 0.4) is 0 Å². The van der Waals surface area contributed by atoms with Crippen LogP contribution in [0.25, 0.3) is 0 Å². The molecule has 1 aromatic carbocycles. The largest absolute Gasteiger partial charge is 0.417 e. The second-order valence-electron chi connectivity index (χ2n) is 7.66. The average Bonchev–Trinajstić information content (AvgIpc) is 2.72. The van der Waals surface area contributed by atoms with Crippen molar-refractivity contribution in [2.24, 2.45) is 5.92 Å². The van der Waals surface area contributed by atoms with E-state index in [4.69, 9.17) is 0 Å². The summed E-state index contributed by atoms with van der Waals surface area (Å²) in [6.45, 7) is 4.84. The molecule has 2 aromatic rings. The molecule has 30 heavy (non-hydrogen) atoms. The number of likely N-dealkylation sites (tertiary alicyclic amines) is 1. The summed E-state index contributed by atoms with van der Waals surface area (Å²) in [5.41, 5.74) is 0.801. The number of rotatable bonds is 4. The lowest BCUT2D eigenvalue weighted by Crippen LogP contribution is -2.51. The second kappa shape index (κ2) is 8.74. The summed E-state index contributed by atoms with van der Waals surface area (Å²) in [6, 6.07) is 9.35. The summed E-state index contributed by atoms with van der Waals surface area (Å²) < 4.78 is 38.1. The summed E-state index contributed by atoms with van der Waals surface area (Å²) in [7, 11) is 0. The molecule has 1 saturated heterocycles. The first-order chi connectivity index (χ1) is 14.2. The molecule has 0 radical (unpaired) electrons. The molecule has 0 aliphatic carbocycles. The fourth-order valence-corrected chi connectivity index (χ4v) is 3.78. The molecule has 0 saturated carbocycles. The van der Waals surface area contributed by atoms with Crippen LogP contribution in [-0.4, -0.2) is 34.9 Å². The first-order valence-electron chi connectivity index (χ1n) is 9.79. The van der Waals surface area contributed by atoms with E-state index in [-0.39, 0.29) is 17.9 Å². The highest BCUT2D eigenvalue weighted by Gasteiger charge is 2.34. The van der Waals surface area contributed by atoms with Crippen LogP contribution in [0.1, 0.15) is 46.8 Å². The van der Waals surface area contributed by atoms with Crippen molar-refractivity contribution >= 4 is 11.7 Å². The van der Waals surface area contributed by atoms with Gasteiger partial charge in [0.05, 0.1) is 28.8 Å². The van der Waals surface area contributed by atoms with Gasteiger partial charge in [-0.2, -0.15) is 18.4 Å². The smallest absolute Gasteiger partial charge is 0.368 e. The quantitative estimate of drug-likeness (QED) is 0.789. The molecule has 8 heteroatoms. The molecule has 1 aliphatic heterocycles. The van der Waals surface area contributed by atoms with Gasteiger partial charge in [0.2, 0.25) is 0 Å². The minimum atomic E-state index is -4.43. The van der Waals surface area contributed by atoms with Crippen molar-refractivity contribution in [1.82, 2.24) is 9.88 Å². The second-order valence-corrected chi connectivity index (χ2v) is 7.66. The molecule has 1 aromatic heterocycles. The van der Waals surface area contributed by atoms with Crippen LogP contribution < -0.4 is 5.32 Å². The molecule has 1 aliphatic rings. The Morgan fingerprint density at radius 3 is 2.73 bits per heavy atom. The van der Waals surface area contributed by atoms with Gasteiger partial charge in [0, 0.05) is 19.3 Å². The van der Waals surface area contributed by atoms with Gasteiger partial charge in [0.1, 0.15) is 5.82 Å². The molecule has 1 N–H and O–H groups in total. The van der Waals surface area contributed by atoms with Crippen LogP contribution in [0.4, 0.5) is 19.0 Å². The Hall–Kier alpha value is -3.08. The molecule has 0 spiro atoms. The zero-order valence-electron chi connectivity index (χ0n) is 16.8. The molecule has 1 fully saturated rings. The van der Waals surface area contributed by atoms with E-state index in [2.05, 4.69) is 16.4 Å². The molecule has 2 atom stereocenters. The first-order valence-corrected chi connectivity index (χ1v) is 9.79. The maximum Gasteiger partial charge on any atom is 0.417 e. The number of nitrogens with zero attached hydrogens (tertiary/aromatic N) is 3. The molecular formula is C22H23F3N4O. The van der Waals surface area contributed by atoms with Gasteiger partial charge in [-0.05, 0) is 49.9 Å². The van der Waals surface area contributed by atoms with Crippen molar-refractivity contribution in [2.45, 2.75) is 38.9 Å². The van der Waals surface area contributed by atoms with Gasteiger partial charge in [0.15, 0.2) is 0 Å². The number of nitriles is 1. The van der Waals surface area contributed by atoms with Crippen molar-refractivity contribution in [3.63, 3.8) is 0 Å². The highest BCUT2D eigenvalue weighted by atomic mass is 19.4. The summed E-state index contributed by atoms with van der Waals surface area (Å²) in [5, 5.41) is 12.4. The third-order valence-electron chi connectivity index (χ3n) is 5.49. The maximum atomic E-state index is 13.3. The Morgan fingerprint density at radius 1 is 1.33 bits per heavy atom. The lowest BCUT2D eigenvalue weighted by atomic mass is 9.89. The monoisotopic (exact) mass is 416 g/mol. The summed E-state index contributed by atoms with van der Waals surface area (Å²) >= 11 is 0. The average molecular weight is 416 g/mol. The van der Waals surface area contributed by atoms with Gasteiger partial charge in [-0.3, -0.25) is 4.79 Å². The fraction of sp³-hybridized carbons (Fsp3) is 0.409. The summed E-state index contributed by atoms with van der Waals surface area (Å²) in [4.78, 5) is 18.9. The molecule has 2 unspecified atom stereocenters. The predicted molar refractivity (Wildman–Crippen MR) is 107 cm³/mol. The Kier molecular flexibility index (Phi) is 6.30. The van der Waals surface area contributed by atoms with Crippen molar-refractivity contribution in [2.75, 3.05) is 18.4 Å². The van der Waals surface area contributed by atoms with E-state index in [9.17, 15) is 23.2 Å². The summed E-state index contributed by atoms with van der Waals surface area (Å²) in [6.07, 6.45) is -1.84. The number of pyridine rings is 1. The third-order valence-corrected chi connectivity index (χ3v) is 5.49. The van der Waals surface area contributed by atoms with E-state index in [1.54, 1.807) is 23.1 Å². The number of hydrogen-bond acceptors (Lipinski definition) is 4. The molecule has 1 amide bonds. The van der Waals surface area contributed by atoms with Crippen LogP contribution in [0.2, 0.25) is 0 Å². The predicted octanol–water partition coefficient (Wildman–Crippen LogP) is 4.63. The van der Waals surface area contributed by atoms with E-state index >= 15 is 0 Å². The number of hydrogen-bond donors (Lipinski definition) is 1. The fourth-order valence-electron chi connectivity index (χ4n) is 3.78. The topological polar surface area (TPSA) is 69.0 Å². The zero-order chi connectivity index (χ0) is 21.9. The lowest BCUT2D eigenvalue weighted by molar-refractivity contribution is -0.137. The van der Waals surface area contributed by atoms with Gasteiger partial charge in [-0.1, -0.05) is 18.6 Å². The molecule has 158 valence electrons. The van der Waals surface area contributed by atoms with Gasteiger partial charge in [-0.25, -0.2) is 4.98 Å². The molecule has 2 heterocycles. The third kappa shape index (κ3) is 4.73. The normalized spacial score (nSPS) is 19.3. The van der Waals surface area contributed by atoms with E-state index in [1.165, 1.54) is 6.07 Å². The maximum absolute atomic E-state index is 13.3. The highest BCUT2D eigenvalue weighted by molar-refractivity contribution is 5.97. The number of carbonyl (C=O) groups is 1. The van der Waals surface area contributed by atoms with E-state index in [0.717, 1.165) is 30.7 Å². The number of amides is 1. The number of aromatic nitrogens is 1. The number of aryl methyl sites for hydroxylation is 1. The number of carbonyl (C=O) groups excluding carboxylic acids is 1. The SMILES string of the molecule is Cc1ccc(C#N)c(C(=O)N2CCCC(C)C2CNc2ccc(C(F)(F)F)cn2)c1. The zero-order valence-corrected chi connectivity index (χ0v) is 16.8. The number of alkyl halides is 3. The molecule has 0 bridgehead atoms. The Bertz CT molecular complexity index is 950. The van der Waals surface area contributed by atoms with Crippen molar-refractivity contribution in [3.8, 4) is 6.07 Å². The van der Waals surface area contributed by atoms with E-state index in [1.807, 2.05) is 13.8 Å². The van der Waals surface area contributed by atoms with E-state index in [0.29, 0.717) is 30.0 Å². The van der Waals surface area contributed by atoms with Crippen LogP contribution in [-0.2, 0) is 6.18 Å². The van der Waals surface area contributed by atoms with Crippen molar-refractivity contribution in [3.05, 3.63) is 58.8 Å². The Labute approximate surface area is 173 Å². The van der Waals surface area contributed by atoms with Crippen LogP contribution in [0.5, 0.6) is 0 Å². The van der Waals surface area contributed by atoms with Gasteiger partial charge in [0.25, 0.3) is 5.91 Å². The van der Waals surface area contributed by atoms with Gasteiger partial charge >= 0.3 is 6.18 Å². The van der Waals surface area contributed by atoms with E-state index < -0.39 is 11.7 Å². The number of piperidine rings is 1. The van der Waals surface area contributed by atoms with Crippen LogP contribution in [0.15, 0.2) is 36.5 Å².